The second kappa shape index (κ2) is 8.12. The number of fused-ring (bicyclic) bond motifs is 1. The van der Waals surface area contributed by atoms with Crippen molar-refractivity contribution in [3.63, 3.8) is 0 Å². The van der Waals surface area contributed by atoms with E-state index in [1.807, 2.05) is 35.9 Å². The van der Waals surface area contributed by atoms with E-state index in [1.165, 1.54) is 44.1 Å². The number of para-hydroxylation sites is 2. The topological polar surface area (TPSA) is 84.3 Å². The van der Waals surface area contributed by atoms with Gasteiger partial charge in [-0.25, -0.2) is 17.7 Å². The summed E-state index contributed by atoms with van der Waals surface area (Å²) in [4.78, 5) is 16.9. The number of sulfonamides is 1. The number of nitrogens with zero attached hydrogens (tertiary/aromatic N) is 3. The molecule has 148 valence electrons. The van der Waals surface area contributed by atoms with Gasteiger partial charge in [0.15, 0.2) is 5.16 Å². The maximum Gasteiger partial charge on any atom is 0.242 e. The molecule has 1 amide bonds. The Morgan fingerprint density at radius 1 is 1.25 bits per heavy atom. The zero-order valence-electron chi connectivity index (χ0n) is 15.5. The Morgan fingerprint density at radius 2 is 1.96 bits per heavy atom. The van der Waals surface area contributed by atoms with Crippen molar-refractivity contribution in [3.8, 4) is 0 Å². The molecule has 2 aromatic carbocycles. The van der Waals surface area contributed by atoms with Gasteiger partial charge in [0.05, 0.1) is 32.4 Å². The van der Waals surface area contributed by atoms with Crippen LogP contribution in [0.15, 0.2) is 52.5 Å². The van der Waals surface area contributed by atoms with E-state index in [1.54, 1.807) is 0 Å². The summed E-state index contributed by atoms with van der Waals surface area (Å²) in [5.74, 6) is -0.198. The highest BCUT2D eigenvalue weighted by atomic mass is 35.5. The van der Waals surface area contributed by atoms with Gasteiger partial charge in [-0.2, -0.15) is 0 Å². The molecule has 3 rings (SSSR count). The minimum Gasteiger partial charge on any atom is -0.324 e. The van der Waals surface area contributed by atoms with Gasteiger partial charge in [0.25, 0.3) is 0 Å². The van der Waals surface area contributed by atoms with Crippen molar-refractivity contribution in [3.05, 3.63) is 47.5 Å². The number of hydrogen-bond acceptors (Lipinski definition) is 5. The quantitative estimate of drug-likeness (QED) is 0.597. The summed E-state index contributed by atoms with van der Waals surface area (Å²) in [6.07, 6.45) is 0. The third-order valence-electron chi connectivity index (χ3n) is 4.07. The first-order chi connectivity index (χ1) is 13.2. The van der Waals surface area contributed by atoms with E-state index in [-0.39, 0.29) is 27.3 Å². The van der Waals surface area contributed by atoms with Crippen LogP contribution in [-0.2, 0) is 21.9 Å². The zero-order chi connectivity index (χ0) is 20.5. The van der Waals surface area contributed by atoms with Crippen LogP contribution in [-0.4, -0.2) is 48.0 Å². The van der Waals surface area contributed by atoms with Crippen LogP contribution in [0.2, 0.25) is 5.02 Å². The molecule has 28 heavy (non-hydrogen) atoms. The molecule has 10 heteroatoms. The molecule has 0 aliphatic heterocycles. The summed E-state index contributed by atoms with van der Waals surface area (Å²) in [6.45, 7) is 0. The van der Waals surface area contributed by atoms with Gasteiger partial charge < -0.3 is 9.88 Å². The molecule has 0 radical (unpaired) electrons. The van der Waals surface area contributed by atoms with E-state index in [4.69, 9.17) is 11.6 Å². The predicted molar refractivity (Wildman–Crippen MR) is 112 cm³/mol. The number of imidazole rings is 1. The Morgan fingerprint density at radius 3 is 2.64 bits per heavy atom. The van der Waals surface area contributed by atoms with Crippen molar-refractivity contribution in [2.45, 2.75) is 10.1 Å². The molecule has 0 unspecified atom stereocenters. The molecule has 1 N–H and O–H groups in total. The van der Waals surface area contributed by atoms with E-state index in [9.17, 15) is 13.2 Å². The number of aromatic nitrogens is 2. The molecule has 0 aliphatic rings. The first-order valence-electron chi connectivity index (χ1n) is 8.26. The van der Waals surface area contributed by atoms with E-state index in [0.29, 0.717) is 5.16 Å². The van der Waals surface area contributed by atoms with Gasteiger partial charge in [-0.15, -0.1) is 0 Å². The van der Waals surface area contributed by atoms with Gasteiger partial charge in [0, 0.05) is 21.1 Å². The molecular formula is C18H19ClN4O3S2. The molecule has 7 nitrogen and oxygen atoms in total. The summed E-state index contributed by atoms with van der Waals surface area (Å²) in [6, 6.07) is 11.9. The van der Waals surface area contributed by atoms with Crippen molar-refractivity contribution < 1.29 is 13.2 Å². The molecule has 1 aromatic heterocycles. The third-order valence-corrected chi connectivity index (χ3v) is 7.24. The number of benzene rings is 2. The average Bonchev–Trinajstić information content (AvgIpc) is 2.98. The van der Waals surface area contributed by atoms with Crippen LogP contribution < -0.4 is 5.32 Å². The Hall–Kier alpha value is -2.07. The number of anilines is 1. The summed E-state index contributed by atoms with van der Waals surface area (Å²) >= 11 is 7.41. The van der Waals surface area contributed by atoms with Gasteiger partial charge in [0.2, 0.25) is 15.9 Å². The number of hydrogen-bond donors (Lipinski definition) is 1. The van der Waals surface area contributed by atoms with Crippen LogP contribution in [0.4, 0.5) is 5.69 Å². The molecule has 0 saturated heterocycles. The minimum absolute atomic E-state index is 0.0557. The fourth-order valence-electron chi connectivity index (χ4n) is 2.54. The van der Waals surface area contributed by atoms with Crippen molar-refractivity contribution >= 4 is 56.0 Å². The SMILES string of the molecule is CN(C)S(=O)(=O)c1ccc(Cl)c(NC(=O)CSc2nc3ccccc3n2C)c1. The van der Waals surface area contributed by atoms with Crippen LogP contribution in [0.5, 0.6) is 0 Å². The lowest BCUT2D eigenvalue weighted by molar-refractivity contribution is -0.113. The smallest absolute Gasteiger partial charge is 0.242 e. The van der Waals surface area contributed by atoms with Crippen LogP contribution in [0.1, 0.15) is 0 Å². The number of nitrogens with one attached hydrogen (secondary N) is 1. The van der Waals surface area contributed by atoms with Crippen molar-refractivity contribution in [1.29, 1.82) is 0 Å². The number of thioether (sulfide) groups is 1. The molecule has 0 fully saturated rings. The van der Waals surface area contributed by atoms with Crippen LogP contribution in [0, 0.1) is 0 Å². The van der Waals surface area contributed by atoms with Crippen molar-refractivity contribution in [1.82, 2.24) is 13.9 Å². The highest BCUT2D eigenvalue weighted by Gasteiger charge is 2.19. The molecule has 0 atom stereocenters. The largest absolute Gasteiger partial charge is 0.324 e. The number of carbonyl (C=O) groups excluding carboxylic acids is 1. The van der Waals surface area contributed by atoms with E-state index in [2.05, 4.69) is 10.3 Å². The van der Waals surface area contributed by atoms with E-state index >= 15 is 0 Å². The lowest BCUT2D eigenvalue weighted by atomic mass is 10.3. The fraction of sp³-hybridized carbons (Fsp3) is 0.222. The summed E-state index contributed by atoms with van der Waals surface area (Å²) in [5.41, 5.74) is 2.09. The average molecular weight is 439 g/mol. The second-order valence-corrected chi connectivity index (χ2v) is 9.71. The maximum atomic E-state index is 12.4. The standard InChI is InChI=1S/C18H19ClN4O3S2/c1-22(2)28(25,26)12-8-9-13(19)15(10-12)20-17(24)11-27-18-21-14-6-4-5-7-16(14)23(18)3/h4-10H,11H2,1-3H3,(H,20,24). The van der Waals surface area contributed by atoms with Gasteiger partial charge in [-0.1, -0.05) is 35.5 Å². The molecular weight excluding hydrogens is 420 g/mol. The van der Waals surface area contributed by atoms with Crippen LogP contribution in [0.3, 0.4) is 0 Å². The van der Waals surface area contributed by atoms with Crippen molar-refractivity contribution in [2.75, 3.05) is 25.2 Å². The molecule has 0 aliphatic carbocycles. The lowest BCUT2D eigenvalue weighted by Crippen LogP contribution is -2.22. The van der Waals surface area contributed by atoms with Gasteiger partial charge in [0.1, 0.15) is 0 Å². The molecule has 0 saturated carbocycles. The number of rotatable bonds is 6. The van der Waals surface area contributed by atoms with Crippen molar-refractivity contribution in [2.24, 2.45) is 7.05 Å². The Labute approximate surface area is 172 Å². The maximum absolute atomic E-state index is 12.4. The molecule has 3 aromatic rings. The van der Waals surface area contributed by atoms with Crippen LogP contribution in [0.25, 0.3) is 11.0 Å². The van der Waals surface area contributed by atoms with E-state index in [0.717, 1.165) is 15.3 Å². The first-order valence-corrected chi connectivity index (χ1v) is 11.1. The Bertz CT molecular complexity index is 1140. The predicted octanol–water partition coefficient (Wildman–Crippen LogP) is 3.21. The fourth-order valence-corrected chi connectivity index (χ4v) is 4.42. The normalized spacial score (nSPS) is 11.9. The highest BCUT2D eigenvalue weighted by Crippen LogP contribution is 2.27. The van der Waals surface area contributed by atoms with Crippen LogP contribution >= 0.6 is 23.4 Å². The summed E-state index contributed by atoms with van der Waals surface area (Å²) < 4.78 is 27.6. The highest BCUT2D eigenvalue weighted by molar-refractivity contribution is 7.99. The second-order valence-electron chi connectivity index (χ2n) is 6.21. The molecule has 0 spiro atoms. The third kappa shape index (κ3) is 4.17. The Kier molecular flexibility index (Phi) is 5.99. The number of aryl methyl sites for hydroxylation is 1. The van der Waals surface area contributed by atoms with Gasteiger partial charge in [-0.05, 0) is 30.3 Å². The van der Waals surface area contributed by atoms with Gasteiger partial charge >= 0.3 is 0 Å². The van der Waals surface area contributed by atoms with E-state index < -0.39 is 10.0 Å². The zero-order valence-corrected chi connectivity index (χ0v) is 17.9. The minimum atomic E-state index is -3.62. The van der Waals surface area contributed by atoms with Gasteiger partial charge in [-0.3, -0.25) is 4.79 Å². The lowest BCUT2D eigenvalue weighted by Gasteiger charge is -2.13. The molecule has 0 bridgehead atoms. The number of amides is 1. The summed E-state index contributed by atoms with van der Waals surface area (Å²) in [5, 5.41) is 3.65. The monoisotopic (exact) mass is 438 g/mol. The summed E-state index contributed by atoms with van der Waals surface area (Å²) in [7, 11) is 1.15. The number of halogens is 1. The first kappa shape index (κ1) is 20.7. The Balaban J connectivity index is 1.73. The molecule has 1 heterocycles. The number of carbonyl (C=O) groups is 1.